The van der Waals surface area contributed by atoms with Crippen LogP contribution in [0.3, 0.4) is 0 Å². The molecule has 2 aliphatic carbocycles. The molecule has 0 aromatic carbocycles. The first kappa shape index (κ1) is 11.2. The van der Waals surface area contributed by atoms with Crippen molar-refractivity contribution in [1.82, 2.24) is 4.90 Å². The van der Waals surface area contributed by atoms with Gasteiger partial charge in [0.1, 0.15) is 0 Å². The molecule has 0 radical (unpaired) electrons. The van der Waals surface area contributed by atoms with Crippen molar-refractivity contribution in [3.05, 3.63) is 0 Å². The third-order valence-electron chi connectivity index (χ3n) is 4.55. The maximum atomic E-state index is 12.2. The Labute approximate surface area is 104 Å². The van der Waals surface area contributed by atoms with Crippen molar-refractivity contribution in [3.63, 3.8) is 0 Å². The van der Waals surface area contributed by atoms with E-state index in [4.69, 9.17) is 11.6 Å². The van der Waals surface area contributed by atoms with E-state index in [0.29, 0.717) is 11.8 Å². The standard InChI is InChI=1S/C12H14ClNO3/c13-8(15)3-4-14-11(16)9-6-1-2-7(5-6)10(9)12(14)17/h6-7,9-10H,1-5H2/t6-,7-,9+,10+/m0/s1. The summed E-state index contributed by atoms with van der Waals surface area (Å²) in [7, 11) is 0. The molecule has 2 amide bonds. The highest BCUT2D eigenvalue weighted by Gasteiger charge is 2.60. The molecule has 3 aliphatic rings. The summed E-state index contributed by atoms with van der Waals surface area (Å²) in [4.78, 5) is 36.3. The lowest BCUT2D eigenvalue weighted by atomic mass is 9.81. The summed E-state index contributed by atoms with van der Waals surface area (Å²) in [6.07, 6.45) is 3.25. The fraction of sp³-hybridized carbons (Fsp3) is 0.750. The maximum Gasteiger partial charge on any atom is 0.233 e. The first-order chi connectivity index (χ1) is 8.09. The number of likely N-dealkylation sites (tertiary alicyclic amines) is 1. The van der Waals surface area contributed by atoms with E-state index >= 15 is 0 Å². The molecule has 3 rings (SSSR count). The van der Waals surface area contributed by atoms with Gasteiger partial charge in [0.15, 0.2) is 0 Å². The molecule has 1 aliphatic heterocycles. The van der Waals surface area contributed by atoms with Crippen molar-refractivity contribution in [3.8, 4) is 0 Å². The minimum absolute atomic E-state index is 0.0633. The molecule has 1 heterocycles. The summed E-state index contributed by atoms with van der Waals surface area (Å²) >= 11 is 5.25. The molecule has 0 aromatic rings. The van der Waals surface area contributed by atoms with Gasteiger partial charge in [0, 0.05) is 13.0 Å². The van der Waals surface area contributed by atoms with Gasteiger partial charge in [0.25, 0.3) is 0 Å². The van der Waals surface area contributed by atoms with Crippen molar-refractivity contribution in [2.45, 2.75) is 25.7 Å². The Morgan fingerprint density at radius 3 is 2.18 bits per heavy atom. The first-order valence-electron chi connectivity index (χ1n) is 6.13. The number of nitrogens with zero attached hydrogens (tertiary/aromatic N) is 1. The predicted molar refractivity (Wildman–Crippen MR) is 60.0 cm³/mol. The normalized spacial score (nSPS) is 39.0. The molecule has 0 spiro atoms. The fourth-order valence-electron chi connectivity index (χ4n) is 3.89. The zero-order valence-corrected chi connectivity index (χ0v) is 10.2. The van der Waals surface area contributed by atoms with Crippen molar-refractivity contribution in [2.24, 2.45) is 23.7 Å². The van der Waals surface area contributed by atoms with Crippen LogP contribution in [-0.4, -0.2) is 28.5 Å². The Morgan fingerprint density at radius 1 is 1.18 bits per heavy atom. The highest BCUT2D eigenvalue weighted by molar-refractivity contribution is 6.63. The quantitative estimate of drug-likeness (QED) is 0.562. The summed E-state index contributed by atoms with van der Waals surface area (Å²) < 4.78 is 0. The van der Waals surface area contributed by atoms with Gasteiger partial charge in [0.2, 0.25) is 17.1 Å². The summed E-state index contributed by atoms with van der Waals surface area (Å²) in [5.74, 6) is 0.491. The molecule has 2 bridgehead atoms. The van der Waals surface area contributed by atoms with Gasteiger partial charge in [-0.15, -0.1) is 0 Å². The van der Waals surface area contributed by atoms with Crippen LogP contribution in [0.2, 0.25) is 0 Å². The van der Waals surface area contributed by atoms with E-state index in [9.17, 15) is 14.4 Å². The molecule has 4 atom stereocenters. The number of hydrogen-bond acceptors (Lipinski definition) is 3. The molecule has 17 heavy (non-hydrogen) atoms. The molecule has 5 heteroatoms. The molecular formula is C12H14ClNO3. The number of carbonyl (C=O) groups excluding carboxylic acids is 3. The molecule has 0 aromatic heterocycles. The van der Waals surface area contributed by atoms with E-state index in [1.807, 2.05) is 0 Å². The van der Waals surface area contributed by atoms with E-state index < -0.39 is 5.24 Å². The van der Waals surface area contributed by atoms with Crippen LogP contribution in [0.4, 0.5) is 0 Å². The Morgan fingerprint density at radius 2 is 1.71 bits per heavy atom. The summed E-state index contributed by atoms with van der Waals surface area (Å²) in [5, 5.41) is -0.495. The smallest absolute Gasteiger partial charge is 0.233 e. The second-order valence-electron chi connectivity index (χ2n) is 5.32. The highest BCUT2D eigenvalue weighted by atomic mass is 35.5. The molecule has 0 unspecified atom stereocenters. The van der Waals surface area contributed by atoms with E-state index in [0.717, 1.165) is 19.3 Å². The molecule has 1 saturated heterocycles. The Hall–Kier alpha value is -0.900. The number of halogens is 1. The van der Waals surface area contributed by atoms with E-state index in [2.05, 4.69) is 0 Å². The van der Waals surface area contributed by atoms with Gasteiger partial charge in [-0.25, -0.2) is 0 Å². The molecular weight excluding hydrogens is 242 g/mol. The monoisotopic (exact) mass is 255 g/mol. The lowest BCUT2D eigenvalue weighted by molar-refractivity contribution is -0.140. The zero-order chi connectivity index (χ0) is 12.2. The van der Waals surface area contributed by atoms with Crippen molar-refractivity contribution in [1.29, 1.82) is 0 Å². The van der Waals surface area contributed by atoms with Crippen LogP contribution in [-0.2, 0) is 14.4 Å². The van der Waals surface area contributed by atoms with Crippen molar-refractivity contribution in [2.75, 3.05) is 6.54 Å². The second-order valence-corrected chi connectivity index (χ2v) is 5.74. The Bertz CT molecular complexity index is 381. The number of hydrogen-bond donors (Lipinski definition) is 0. The second kappa shape index (κ2) is 3.80. The molecule has 0 N–H and O–H groups in total. The maximum absolute atomic E-state index is 12.2. The van der Waals surface area contributed by atoms with Gasteiger partial charge in [-0.3, -0.25) is 19.3 Å². The first-order valence-corrected chi connectivity index (χ1v) is 6.51. The minimum Gasteiger partial charge on any atom is -0.282 e. The van der Waals surface area contributed by atoms with Gasteiger partial charge >= 0.3 is 0 Å². The van der Waals surface area contributed by atoms with Crippen molar-refractivity contribution < 1.29 is 14.4 Å². The number of rotatable bonds is 3. The van der Waals surface area contributed by atoms with Gasteiger partial charge < -0.3 is 0 Å². The van der Waals surface area contributed by atoms with Crippen LogP contribution in [0.1, 0.15) is 25.7 Å². The molecule has 3 fully saturated rings. The van der Waals surface area contributed by atoms with Gasteiger partial charge in [-0.05, 0) is 42.7 Å². The van der Waals surface area contributed by atoms with Crippen LogP contribution in [0.25, 0.3) is 0 Å². The lowest BCUT2D eigenvalue weighted by Crippen LogP contribution is -2.34. The zero-order valence-electron chi connectivity index (χ0n) is 9.39. The number of imide groups is 1. The van der Waals surface area contributed by atoms with Crippen LogP contribution < -0.4 is 0 Å². The number of fused-ring (bicyclic) bond motifs is 5. The van der Waals surface area contributed by atoms with E-state index in [-0.39, 0.29) is 36.6 Å². The average Bonchev–Trinajstić information content (AvgIpc) is 2.92. The van der Waals surface area contributed by atoms with Crippen LogP contribution in [0, 0.1) is 23.7 Å². The fourth-order valence-corrected chi connectivity index (χ4v) is 3.98. The number of amides is 2. The molecule has 4 nitrogen and oxygen atoms in total. The van der Waals surface area contributed by atoms with Gasteiger partial charge in [-0.1, -0.05) is 0 Å². The van der Waals surface area contributed by atoms with Gasteiger partial charge in [-0.2, -0.15) is 0 Å². The predicted octanol–water partition coefficient (Wildman–Crippen LogP) is 1.17. The van der Waals surface area contributed by atoms with Crippen molar-refractivity contribution >= 4 is 28.7 Å². The van der Waals surface area contributed by atoms with Crippen LogP contribution in [0.15, 0.2) is 0 Å². The summed E-state index contributed by atoms with van der Waals surface area (Å²) in [6, 6.07) is 0. The third kappa shape index (κ3) is 1.53. The lowest BCUT2D eigenvalue weighted by Gasteiger charge is -2.19. The summed E-state index contributed by atoms with van der Waals surface area (Å²) in [5.41, 5.74) is 0. The van der Waals surface area contributed by atoms with E-state index in [1.54, 1.807) is 0 Å². The van der Waals surface area contributed by atoms with Crippen LogP contribution in [0.5, 0.6) is 0 Å². The topological polar surface area (TPSA) is 54.5 Å². The molecule has 2 saturated carbocycles. The highest BCUT2D eigenvalue weighted by Crippen LogP contribution is 2.56. The average molecular weight is 256 g/mol. The molecule has 92 valence electrons. The SMILES string of the molecule is O=C(Cl)CCN1C(=O)[C@@H]2[C@H]3CC[C@@H](C3)[C@H]2C1=O. The van der Waals surface area contributed by atoms with Crippen LogP contribution >= 0.6 is 11.6 Å². The van der Waals surface area contributed by atoms with E-state index in [1.165, 1.54) is 4.90 Å². The van der Waals surface area contributed by atoms with Gasteiger partial charge in [0.05, 0.1) is 11.8 Å². The minimum atomic E-state index is -0.495. The Balaban J connectivity index is 1.78. The Kier molecular flexibility index (Phi) is 2.51. The largest absolute Gasteiger partial charge is 0.282 e. The number of carbonyl (C=O) groups is 3. The summed E-state index contributed by atoms with van der Waals surface area (Å²) in [6.45, 7) is 0.159. The third-order valence-corrected chi connectivity index (χ3v) is 4.74.